The van der Waals surface area contributed by atoms with E-state index in [1.165, 1.54) is 12.1 Å². The largest absolute Gasteiger partial charge is 0.477 e. The first kappa shape index (κ1) is 14.9. The monoisotopic (exact) mass is 292 g/mol. The highest BCUT2D eigenvalue weighted by molar-refractivity contribution is 5.48. The second-order valence-corrected chi connectivity index (χ2v) is 5.25. The van der Waals surface area contributed by atoms with Crippen LogP contribution in [-0.2, 0) is 12.1 Å². The SMILES string of the molecule is Cc1ccc(OCc2nc(C(C)(C)N)no2)c([N+](=O)[O-])c1. The molecule has 0 aliphatic rings. The van der Waals surface area contributed by atoms with Gasteiger partial charge in [-0.3, -0.25) is 10.1 Å². The lowest BCUT2D eigenvalue weighted by Gasteiger charge is -2.11. The Hall–Kier alpha value is -2.48. The lowest BCUT2D eigenvalue weighted by Crippen LogP contribution is -2.30. The Labute approximate surface area is 121 Å². The fourth-order valence-corrected chi connectivity index (χ4v) is 1.61. The van der Waals surface area contributed by atoms with Crippen molar-refractivity contribution < 1.29 is 14.2 Å². The minimum absolute atomic E-state index is 0.0625. The Kier molecular flexibility index (Phi) is 3.90. The molecule has 0 atom stereocenters. The minimum atomic E-state index is -0.725. The fourth-order valence-electron chi connectivity index (χ4n) is 1.61. The molecule has 2 N–H and O–H groups in total. The third-order valence-corrected chi connectivity index (χ3v) is 2.71. The summed E-state index contributed by atoms with van der Waals surface area (Å²) in [5, 5.41) is 14.7. The first-order chi connectivity index (χ1) is 9.77. The normalized spacial score (nSPS) is 11.4. The molecular weight excluding hydrogens is 276 g/mol. The van der Waals surface area contributed by atoms with E-state index < -0.39 is 10.5 Å². The number of aryl methyl sites for hydroxylation is 1. The molecule has 1 aromatic carbocycles. The van der Waals surface area contributed by atoms with Crippen LogP contribution in [0.5, 0.6) is 5.75 Å². The van der Waals surface area contributed by atoms with Crippen LogP contribution in [0.4, 0.5) is 5.69 Å². The Morgan fingerprint density at radius 3 is 2.76 bits per heavy atom. The van der Waals surface area contributed by atoms with Gasteiger partial charge in [-0.25, -0.2) is 0 Å². The van der Waals surface area contributed by atoms with Gasteiger partial charge in [-0.2, -0.15) is 4.98 Å². The summed E-state index contributed by atoms with van der Waals surface area (Å²) in [6.45, 7) is 5.19. The Morgan fingerprint density at radius 1 is 1.48 bits per heavy atom. The van der Waals surface area contributed by atoms with Gasteiger partial charge >= 0.3 is 5.69 Å². The standard InChI is InChI=1S/C13H16N4O4/c1-8-4-5-10(9(6-8)17(18)19)20-7-11-15-12(16-21-11)13(2,3)14/h4-6H,7,14H2,1-3H3. The van der Waals surface area contributed by atoms with E-state index in [9.17, 15) is 10.1 Å². The quantitative estimate of drug-likeness (QED) is 0.661. The molecule has 0 aliphatic carbocycles. The molecule has 0 unspecified atom stereocenters. The molecule has 1 aromatic heterocycles. The van der Waals surface area contributed by atoms with E-state index in [1.54, 1.807) is 26.8 Å². The van der Waals surface area contributed by atoms with Crippen molar-refractivity contribution in [3.63, 3.8) is 0 Å². The molecule has 1 heterocycles. The zero-order valence-electron chi connectivity index (χ0n) is 12.0. The van der Waals surface area contributed by atoms with Crippen LogP contribution < -0.4 is 10.5 Å². The molecule has 8 nitrogen and oxygen atoms in total. The zero-order chi connectivity index (χ0) is 15.6. The van der Waals surface area contributed by atoms with Crippen molar-refractivity contribution in [1.29, 1.82) is 0 Å². The van der Waals surface area contributed by atoms with Gasteiger partial charge in [0.2, 0.25) is 0 Å². The summed E-state index contributed by atoms with van der Waals surface area (Å²) in [7, 11) is 0. The molecule has 2 rings (SSSR count). The molecule has 0 aliphatic heterocycles. The van der Waals surface area contributed by atoms with Crippen molar-refractivity contribution in [3.8, 4) is 5.75 Å². The van der Waals surface area contributed by atoms with E-state index >= 15 is 0 Å². The zero-order valence-corrected chi connectivity index (χ0v) is 12.0. The molecule has 0 fully saturated rings. The molecule has 0 saturated carbocycles. The molecule has 0 spiro atoms. The summed E-state index contributed by atoms with van der Waals surface area (Å²) < 4.78 is 10.4. The summed E-state index contributed by atoms with van der Waals surface area (Å²) in [6.07, 6.45) is 0. The number of hydrogen-bond donors (Lipinski definition) is 1. The summed E-state index contributed by atoms with van der Waals surface area (Å²) in [5.74, 6) is 0.704. The van der Waals surface area contributed by atoms with E-state index in [2.05, 4.69) is 10.1 Å². The van der Waals surface area contributed by atoms with Crippen LogP contribution in [0.1, 0.15) is 31.1 Å². The number of nitrogens with zero attached hydrogens (tertiary/aromatic N) is 3. The molecule has 0 bridgehead atoms. The second-order valence-electron chi connectivity index (χ2n) is 5.25. The molecule has 2 aromatic rings. The van der Waals surface area contributed by atoms with Crippen LogP contribution in [0.2, 0.25) is 0 Å². The predicted octanol–water partition coefficient (Wildman–Crippen LogP) is 2.06. The predicted molar refractivity (Wildman–Crippen MR) is 73.7 cm³/mol. The van der Waals surface area contributed by atoms with E-state index in [-0.39, 0.29) is 23.9 Å². The average Bonchev–Trinajstić information content (AvgIpc) is 2.85. The van der Waals surface area contributed by atoms with Crippen LogP contribution in [0, 0.1) is 17.0 Å². The number of hydrogen-bond acceptors (Lipinski definition) is 7. The smallest absolute Gasteiger partial charge is 0.311 e. The number of nitrogens with two attached hydrogens (primary N) is 1. The summed E-state index contributed by atoms with van der Waals surface area (Å²) >= 11 is 0. The van der Waals surface area contributed by atoms with Crippen molar-refractivity contribution in [2.75, 3.05) is 0 Å². The first-order valence-corrected chi connectivity index (χ1v) is 6.27. The van der Waals surface area contributed by atoms with Gasteiger partial charge in [0.1, 0.15) is 0 Å². The van der Waals surface area contributed by atoms with Gasteiger partial charge in [0.15, 0.2) is 18.2 Å². The van der Waals surface area contributed by atoms with Gasteiger partial charge in [0.05, 0.1) is 10.5 Å². The van der Waals surface area contributed by atoms with Crippen LogP contribution in [0.15, 0.2) is 22.7 Å². The van der Waals surface area contributed by atoms with Crippen molar-refractivity contribution >= 4 is 5.69 Å². The van der Waals surface area contributed by atoms with E-state index in [0.29, 0.717) is 5.82 Å². The number of nitro benzene ring substituents is 1. The van der Waals surface area contributed by atoms with Gasteiger partial charge in [-0.15, -0.1) is 0 Å². The minimum Gasteiger partial charge on any atom is -0.477 e. The Balaban J connectivity index is 2.13. The lowest BCUT2D eigenvalue weighted by molar-refractivity contribution is -0.386. The molecule has 0 amide bonds. The highest BCUT2D eigenvalue weighted by atomic mass is 16.6. The lowest BCUT2D eigenvalue weighted by atomic mass is 10.1. The Morgan fingerprint density at radius 2 is 2.19 bits per heavy atom. The van der Waals surface area contributed by atoms with Crippen molar-refractivity contribution in [2.45, 2.75) is 32.9 Å². The van der Waals surface area contributed by atoms with Crippen LogP contribution in [0.25, 0.3) is 0 Å². The molecule has 0 radical (unpaired) electrons. The number of ether oxygens (including phenoxy) is 1. The van der Waals surface area contributed by atoms with Gasteiger partial charge in [-0.05, 0) is 32.4 Å². The third-order valence-electron chi connectivity index (χ3n) is 2.71. The van der Waals surface area contributed by atoms with Gasteiger partial charge in [0, 0.05) is 6.07 Å². The van der Waals surface area contributed by atoms with Crippen molar-refractivity contribution in [3.05, 3.63) is 45.6 Å². The second kappa shape index (κ2) is 5.49. The van der Waals surface area contributed by atoms with E-state index in [1.807, 2.05) is 0 Å². The molecular formula is C13H16N4O4. The molecule has 8 heteroatoms. The third kappa shape index (κ3) is 3.54. The van der Waals surface area contributed by atoms with E-state index in [0.717, 1.165) is 5.56 Å². The van der Waals surface area contributed by atoms with Crippen LogP contribution in [-0.4, -0.2) is 15.1 Å². The molecule has 112 valence electrons. The maximum Gasteiger partial charge on any atom is 0.311 e. The average molecular weight is 292 g/mol. The van der Waals surface area contributed by atoms with Crippen molar-refractivity contribution in [2.24, 2.45) is 5.73 Å². The summed E-state index contributed by atoms with van der Waals surface area (Å²) in [6, 6.07) is 4.71. The highest BCUT2D eigenvalue weighted by Crippen LogP contribution is 2.28. The van der Waals surface area contributed by atoms with E-state index in [4.69, 9.17) is 15.0 Å². The maximum atomic E-state index is 11.0. The number of benzene rings is 1. The summed E-state index contributed by atoms with van der Waals surface area (Å²) in [5.41, 5.74) is 5.79. The Bertz CT molecular complexity index is 660. The topological polar surface area (TPSA) is 117 Å². The fraction of sp³-hybridized carbons (Fsp3) is 0.385. The number of rotatable bonds is 5. The van der Waals surface area contributed by atoms with Crippen LogP contribution in [0.3, 0.4) is 0 Å². The number of nitro groups is 1. The molecule has 21 heavy (non-hydrogen) atoms. The van der Waals surface area contributed by atoms with Crippen LogP contribution >= 0.6 is 0 Å². The van der Waals surface area contributed by atoms with Crippen molar-refractivity contribution in [1.82, 2.24) is 10.1 Å². The number of aromatic nitrogens is 2. The summed E-state index contributed by atoms with van der Waals surface area (Å²) in [4.78, 5) is 14.6. The van der Waals surface area contributed by atoms with Gasteiger partial charge in [0.25, 0.3) is 5.89 Å². The highest BCUT2D eigenvalue weighted by Gasteiger charge is 2.22. The van der Waals surface area contributed by atoms with Gasteiger partial charge in [-0.1, -0.05) is 11.2 Å². The first-order valence-electron chi connectivity index (χ1n) is 6.27. The molecule has 0 saturated heterocycles. The van der Waals surface area contributed by atoms with Gasteiger partial charge < -0.3 is 15.0 Å². The maximum absolute atomic E-state index is 11.0.